The first-order chi connectivity index (χ1) is 6.56. The normalized spacial score (nSPS) is 12.6. The Morgan fingerprint density at radius 2 is 2.21 bits per heavy atom. The highest BCUT2D eigenvalue weighted by Crippen LogP contribution is 2.06. The smallest absolute Gasteiger partial charge is 0.268 e. The molecule has 1 N–H and O–H groups in total. The highest BCUT2D eigenvalue weighted by Gasteiger charge is 2.11. The molecule has 1 aromatic rings. The zero-order chi connectivity index (χ0) is 10.7. The lowest BCUT2D eigenvalue weighted by Gasteiger charge is -2.12. The van der Waals surface area contributed by atoms with E-state index in [-0.39, 0.29) is 11.9 Å². The monoisotopic (exact) mass is 194 g/mol. The van der Waals surface area contributed by atoms with Crippen LogP contribution in [-0.2, 0) is 7.05 Å². The standard InChI is InChI=1S/C11H18N2O/c1-5-8(2)12-11(14)10-7-6-9(3)13(10)4/h6-8H,5H2,1-4H3,(H,12,14). The summed E-state index contributed by atoms with van der Waals surface area (Å²) in [5.41, 5.74) is 1.82. The Kier molecular flexibility index (Phi) is 3.33. The molecule has 14 heavy (non-hydrogen) atoms. The third-order valence-electron chi connectivity index (χ3n) is 2.60. The third kappa shape index (κ3) is 2.16. The van der Waals surface area contributed by atoms with Crippen molar-refractivity contribution in [2.24, 2.45) is 7.05 Å². The van der Waals surface area contributed by atoms with Gasteiger partial charge in [-0.1, -0.05) is 6.92 Å². The molecular formula is C11H18N2O. The number of aryl methyl sites for hydroxylation is 1. The Labute approximate surface area is 85.1 Å². The van der Waals surface area contributed by atoms with Crippen molar-refractivity contribution in [1.29, 1.82) is 0 Å². The molecule has 0 aromatic carbocycles. The number of carbonyl (C=O) groups is 1. The maximum Gasteiger partial charge on any atom is 0.268 e. The molecular weight excluding hydrogens is 176 g/mol. The van der Waals surface area contributed by atoms with Gasteiger partial charge in [0.05, 0.1) is 0 Å². The van der Waals surface area contributed by atoms with Crippen LogP contribution in [0.3, 0.4) is 0 Å². The van der Waals surface area contributed by atoms with E-state index in [4.69, 9.17) is 0 Å². The molecule has 1 heterocycles. The second kappa shape index (κ2) is 4.31. The number of nitrogens with zero attached hydrogens (tertiary/aromatic N) is 1. The number of carbonyl (C=O) groups excluding carboxylic acids is 1. The van der Waals surface area contributed by atoms with Crippen molar-refractivity contribution in [3.8, 4) is 0 Å². The minimum atomic E-state index is 0.00921. The molecule has 1 aromatic heterocycles. The highest BCUT2D eigenvalue weighted by atomic mass is 16.2. The first kappa shape index (κ1) is 10.8. The van der Waals surface area contributed by atoms with Gasteiger partial charge in [0.25, 0.3) is 5.91 Å². The second-order valence-corrected chi connectivity index (χ2v) is 3.70. The fraction of sp³-hybridized carbons (Fsp3) is 0.545. The topological polar surface area (TPSA) is 34.0 Å². The van der Waals surface area contributed by atoms with E-state index in [1.54, 1.807) is 0 Å². The van der Waals surface area contributed by atoms with Gasteiger partial charge in [0, 0.05) is 18.8 Å². The lowest BCUT2D eigenvalue weighted by atomic mass is 10.2. The van der Waals surface area contributed by atoms with Crippen molar-refractivity contribution in [3.63, 3.8) is 0 Å². The summed E-state index contributed by atoms with van der Waals surface area (Å²) in [6, 6.07) is 4.04. The average molecular weight is 194 g/mol. The minimum Gasteiger partial charge on any atom is -0.348 e. The van der Waals surface area contributed by atoms with Crippen molar-refractivity contribution >= 4 is 5.91 Å². The van der Waals surface area contributed by atoms with Crippen molar-refractivity contribution < 1.29 is 4.79 Å². The van der Waals surface area contributed by atoms with E-state index >= 15 is 0 Å². The number of amides is 1. The maximum absolute atomic E-state index is 11.7. The molecule has 1 unspecified atom stereocenters. The van der Waals surface area contributed by atoms with E-state index in [9.17, 15) is 4.79 Å². The summed E-state index contributed by atoms with van der Waals surface area (Å²) in [5.74, 6) is 0.00921. The van der Waals surface area contributed by atoms with Gasteiger partial charge < -0.3 is 9.88 Å². The van der Waals surface area contributed by atoms with Crippen LogP contribution in [0.2, 0.25) is 0 Å². The summed E-state index contributed by atoms with van der Waals surface area (Å²) in [4.78, 5) is 11.7. The molecule has 0 aliphatic rings. The molecule has 0 fully saturated rings. The minimum absolute atomic E-state index is 0.00921. The summed E-state index contributed by atoms with van der Waals surface area (Å²) in [6.07, 6.45) is 0.954. The lowest BCUT2D eigenvalue weighted by molar-refractivity contribution is 0.0931. The van der Waals surface area contributed by atoms with Crippen LogP contribution in [0, 0.1) is 6.92 Å². The Morgan fingerprint density at radius 3 is 2.64 bits per heavy atom. The SMILES string of the molecule is CCC(C)NC(=O)c1ccc(C)n1C. The largest absolute Gasteiger partial charge is 0.348 e. The molecule has 0 saturated carbocycles. The van der Waals surface area contributed by atoms with Crippen molar-refractivity contribution in [2.75, 3.05) is 0 Å². The fourth-order valence-electron chi connectivity index (χ4n) is 1.24. The van der Waals surface area contributed by atoms with Gasteiger partial charge in [0.15, 0.2) is 0 Å². The predicted octanol–water partition coefficient (Wildman–Crippen LogP) is 1.86. The number of aromatic nitrogens is 1. The van der Waals surface area contributed by atoms with Crippen LogP contribution in [0.15, 0.2) is 12.1 Å². The number of rotatable bonds is 3. The van der Waals surface area contributed by atoms with Crippen LogP contribution >= 0.6 is 0 Å². The number of nitrogens with one attached hydrogen (secondary N) is 1. The molecule has 3 heteroatoms. The van der Waals surface area contributed by atoms with Gasteiger partial charge >= 0.3 is 0 Å². The number of hydrogen-bond acceptors (Lipinski definition) is 1. The highest BCUT2D eigenvalue weighted by molar-refractivity contribution is 5.93. The fourth-order valence-corrected chi connectivity index (χ4v) is 1.24. The summed E-state index contributed by atoms with van der Waals surface area (Å²) in [6.45, 7) is 6.05. The van der Waals surface area contributed by atoms with Crippen LogP contribution in [-0.4, -0.2) is 16.5 Å². The Bertz CT molecular complexity index is 328. The Balaban J connectivity index is 2.75. The number of hydrogen-bond donors (Lipinski definition) is 1. The van der Waals surface area contributed by atoms with Gasteiger partial charge in [-0.3, -0.25) is 4.79 Å². The molecule has 3 nitrogen and oxygen atoms in total. The molecule has 1 rings (SSSR count). The molecule has 78 valence electrons. The summed E-state index contributed by atoms with van der Waals surface area (Å²) in [5, 5.41) is 2.94. The lowest BCUT2D eigenvalue weighted by Crippen LogP contribution is -2.33. The summed E-state index contributed by atoms with van der Waals surface area (Å²) in [7, 11) is 1.90. The van der Waals surface area contributed by atoms with Gasteiger partial charge in [-0.05, 0) is 32.4 Å². The first-order valence-corrected chi connectivity index (χ1v) is 4.99. The molecule has 0 spiro atoms. The molecule has 1 atom stereocenters. The van der Waals surface area contributed by atoms with E-state index in [1.165, 1.54) is 0 Å². The molecule has 1 amide bonds. The van der Waals surface area contributed by atoms with Crippen LogP contribution in [0.4, 0.5) is 0 Å². The Morgan fingerprint density at radius 1 is 1.57 bits per heavy atom. The van der Waals surface area contributed by atoms with Gasteiger partial charge in [-0.25, -0.2) is 0 Å². The Hall–Kier alpha value is -1.25. The molecule has 0 radical (unpaired) electrons. The molecule has 0 aliphatic carbocycles. The van der Waals surface area contributed by atoms with Crippen LogP contribution in [0.1, 0.15) is 36.5 Å². The van der Waals surface area contributed by atoms with Crippen molar-refractivity contribution in [1.82, 2.24) is 9.88 Å². The van der Waals surface area contributed by atoms with Crippen LogP contribution < -0.4 is 5.32 Å². The quantitative estimate of drug-likeness (QED) is 0.783. The average Bonchev–Trinajstić information content (AvgIpc) is 2.47. The van der Waals surface area contributed by atoms with Gasteiger partial charge in [-0.2, -0.15) is 0 Å². The van der Waals surface area contributed by atoms with Gasteiger partial charge in [-0.15, -0.1) is 0 Å². The summed E-state index contributed by atoms with van der Waals surface area (Å²) >= 11 is 0. The second-order valence-electron chi connectivity index (χ2n) is 3.70. The zero-order valence-electron chi connectivity index (χ0n) is 9.29. The van der Waals surface area contributed by atoms with Crippen molar-refractivity contribution in [3.05, 3.63) is 23.5 Å². The molecule has 0 bridgehead atoms. The third-order valence-corrected chi connectivity index (χ3v) is 2.60. The van der Waals surface area contributed by atoms with Crippen LogP contribution in [0.25, 0.3) is 0 Å². The van der Waals surface area contributed by atoms with Crippen LogP contribution in [0.5, 0.6) is 0 Å². The molecule has 0 aliphatic heterocycles. The van der Waals surface area contributed by atoms with E-state index in [0.717, 1.165) is 17.8 Å². The van der Waals surface area contributed by atoms with E-state index in [0.29, 0.717) is 0 Å². The maximum atomic E-state index is 11.7. The van der Waals surface area contributed by atoms with E-state index in [2.05, 4.69) is 12.2 Å². The summed E-state index contributed by atoms with van der Waals surface area (Å²) < 4.78 is 1.90. The first-order valence-electron chi connectivity index (χ1n) is 4.99. The zero-order valence-corrected chi connectivity index (χ0v) is 9.29. The van der Waals surface area contributed by atoms with Gasteiger partial charge in [0.1, 0.15) is 5.69 Å². The van der Waals surface area contributed by atoms with Gasteiger partial charge in [0.2, 0.25) is 0 Å². The van der Waals surface area contributed by atoms with E-state index in [1.807, 2.05) is 37.6 Å². The van der Waals surface area contributed by atoms with E-state index < -0.39 is 0 Å². The van der Waals surface area contributed by atoms with Crippen molar-refractivity contribution in [2.45, 2.75) is 33.2 Å². The molecule has 0 saturated heterocycles. The predicted molar refractivity (Wildman–Crippen MR) is 57.4 cm³/mol.